The number of carbonyl (C=O) groups excluding carboxylic acids is 1. The van der Waals surface area contributed by atoms with Gasteiger partial charge in [0.25, 0.3) is 0 Å². The van der Waals surface area contributed by atoms with Crippen LogP contribution in [0.2, 0.25) is 0 Å². The molecule has 3 rings (SSSR count). The molecule has 0 radical (unpaired) electrons. The second-order valence-electron chi connectivity index (χ2n) is 5.70. The molecule has 5 N–H and O–H groups in total. The van der Waals surface area contributed by atoms with E-state index in [1.165, 1.54) is 18.4 Å². The van der Waals surface area contributed by atoms with Crippen LogP contribution in [0.5, 0.6) is 5.75 Å². The predicted octanol–water partition coefficient (Wildman–Crippen LogP) is 1.57. The molecule has 0 atom stereocenters. The van der Waals surface area contributed by atoms with Crippen molar-refractivity contribution in [3.63, 3.8) is 0 Å². The van der Waals surface area contributed by atoms with E-state index in [1.54, 1.807) is 29.7 Å². The molecule has 1 aromatic carbocycles. The van der Waals surface area contributed by atoms with Gasteiger partial charge >= 0.3 is 11.9 Å². The fourth-order valence-electron chi connectivity index (χ4n) is 2.90. The molecule has 1 aliphatic rings. The first-order chi connectivity index (χ1) is 13.9. The third-order valence-corrected chi connectivity index (χ3v) is 4.20. The number of carboxylic acid groups (broad SMARTS) is 1. The van der Waals surface area contributed by atoms with Gasteiger partial charge in [-0.05, 0) is 19.1 Å². The molecule has 0 aliphatic carbocycles. The number of carbonyl (C=O) groups is 2. The molecule has 2 aromatic rings. The van der Waals surface area contributed by atoms with E-state index >= 15 is 0 Å². The number of fused-ring (bicyclic) bond motifs is 3. The van der Waals surface area contributed by atoms with E-state index in [0.717, 1.165) is 0 Å². The first-order valence-corrected chi connectivity index (χ1v) is 9.07. The number of methoxy groups -OCH3 is 1. The first kappa shape index (κ1) is 21.8. The average molecular weight is 403 g/mol. The maximum absolute atomic E-state index is 12.2. The number of aromatic carboxylic acids is 1. The van der Waals surface area contributed by atoms with E-state index in [9.17, 15) is 14.7 Å². The number of rotatable bonds is 4. The summed E-state index contributed by atoms with van der Waals surface area (Å²) in [7, 11) is 1.51. The minimum Gasteiger partial charge on any atom is -0.497 e. The number of hydrazine groups is 1. The van der Waals surface area contributed by atoms with Crippen LogP contribution < -0.4 is 21.3 Å². The van der Waals surface area contributed by atoms with E-state index < -0.39 is 11.9 Å². The fourth-order valence-corrected chi connectivity index (χ4v) is 2.90. The van der Waals surface area contributed by atoms with E-state index in [1.807, 2.05) is 13.8 Å². The Morgan fingerprint density at radius 3 is 2.55 bits per heavy atom. The van der Waals surface area contributed by atoms with Gasteiger partial charge in [-0.3, -0.25) is 9.58 Å². The highest BCUT2D eigenvalue weighted by Gasteiger charge is 2.30. The second kappa shape index (κ2) is 9.11. The summed E-state index contributed by atoms with van der Waals surface area (Å²) in [5, 5.41) is 10.7. The number of imidazole rings is 1. The number of carboxylic acids is 1. The molecule has 2 heterocycles. The molecular formula is C19H25N5O5. The highest BCUT2D eigenvalue weighted by molar-refractivity contribution is 5.91. The number of nitrogens with two attached hydrogens (primary N) is 2. The van der Waals surface area contributed by atoms with E-state index in [-0.39, 0.29) is 30.1 Å². The number of aromatic nitrogens is 2. The van der Waals surface area contributed by atoms with E-state index in [0.29, 0.717) is 22.8 Å². The zero-order valence-electron chi connectivity index (χ0n) is 16.8. The lowest BCUT2D eigenvalue weighted by Crippen LogP contribution is -2.35. The van der Waals surface area contributed by atoms with Crippen LogP contribution in [0, 0.1) is 0 Å². The number of anilines is 1. The van der Waals surface area contributed by atoms with Crippen molar-refractivity contribution in [3.05, 3.63) is 47.3 Å². The number of nitrogens with zero attached hydrogens (tertiary/aromatic N) is 3. The first-order valence-electron chi connectivity index (χ1n) is 9.07. The van der Waals surface area contributed by atoms with Crippen molar-refractivity contribution in [1.82, 2.24) is 9.55 Å². The standard InChI is InChI=1S/C17H19N5O5.C2H6/c1-3-27-17(25)14(18)12-7-13-15(16(23)24)20-8-21(13)10-5-4-9(26-2)6-11(10)22(12)19;1-2/h4-6,8H,3,7,18-19H2,1-2H3,(H,23,24);1-2H3/b14-12-;. The molecule has 29 heavy (non-hydrogen) atoms. The smallest absolute Gasteiger partial charge is 0.356 e. The Morgan fingerprint density at radius 2 is 1.97 bits per heavy atom. The molecular weight excluding hydrogens is 378 g/mol. The van der Waals surface area contributed by atoms with Crippen LogP contribution >= 0.6 is 0 Å². The van der Waals surface area contributed by atoms with Crippen LogP contribution in [-0.2, 0) is 16.0 Å². The third-order valence-electron chi connectivity index (χ3n) is 4.20. The Kier molecular flexibility index (Phi) is 6.84. The zero-order chi connectivity index (χ0) is 21.7. The lowest BCUT2D eigenvalue weighted by atomic mass is 10.1. The van der Waals surface area contributed by atoms with Crippen LogP contribution in [0.1, 0.15) is 37.0 Å². The Balaban J connectivity index is 0.00000145. The third kappa shape index (κ3) is 4.02. The minimum absolute atomic E-state index is 0.0280. The summed E-state index contributed by atoms with van der Waals surface area (Å²) in [6.45, 7) is 5.79. The van der Waals surface area contributed by atoms with Crippen molar-refractivity contribution in [3.8, 4) is 11.4 Å². The molecule has 156 valence electrons. The van der Waals surface area contributed by atoms with Crippen LogP contribution in [0.25, 0.3) is 5.69 Å². The molecule has 0 bridgehead atoms. The summed E-state index contributed by atoms with van der Waals surface area (Å²) < 4.78 is 11.8. The van der Waals surface area contributed by atoms with Crippen molar-refractivity contribution < 1.29 is 24.2 Å². The number of esters is 1. The van der Waals surface area contributed by atoms with E-state index in [2.05, 4.69) is 4.98 Å². The van der Waals surface area contributed by atoms with Crippen molar-refractivity contribution in [2.24, 2.45) is 11.6 Å². The molecule has 0 fully saturated rings. The van der Waals surface area contributed by atoms with Gasteiger partial charge in [0, 0.05) is 12.5 Å². The maximum Gasteiger partial charge on any atom is 0.356 e. The quantitative estimate of drug-likeness (QED) is 0.393. The molecule has 0 saturated carbocycles. The fraction of sp³-hybridized carbons (Fsp3) is 0.316. The molecule has 1 aromatic heterocycles. The Bertz CT molecular complexity index is 950. The van der Waals surface area contributed by atoms with Crippen LogP contribution in [0.3, 0.4) is 0 Å². The number of benzene rings is 1. The predicted molar refractivity (Wildman–Crippen MR) is 107 cm³/mol. The normalized spacial score (nSPS) is 13.9. The average Bonchev–Trinajstić information content (AvgIpc) is 3.11. The Morgan fingerprint density at radius 1 is 1.28 bits per heavy atom. The summed E-state index contributed by atoms with van der Waals surface area (Å²) >= 11 is 0. The molecule has 10 nitrogen and oxygen atoms in total. The topological polar surface area (TPSA) is 146 Å². The van der Waals surface area contributed by atoms with Gasteiger partial charge in [0.1, 0.15) is 17.8 Å². The summed E-state index contributed by atoms with van der Waals surface area (Å²) in [6, 6.07) is 5.08. The van der Waals surface area contributed by atoms with Gasteiger partial charge < -0.3 is 20.3 Å². The molecule has 0 amide bonds. The summed E-state index contributed by atoms with van der Waals surface area (Å²) in [5.74, 6) is 4.86. The second-order valence-corrected chi connectivity index (χ2v) is 5.70. The van der Waals surface area contributed by atoms with Gasteiger partial charge in [0.2, 0.25) is 0 Å². The number of hydrogen-bond acceptors (Lipinski definition) is 8. The van der Waals surface area contributed by atoms with Crippen LogP contribution in [0.4, 0.5) is 5.69 Å². The number of ether oxygens (including phenoxy) is 2. The summed E-state index contributed by atoms with van der Waals surface area (Å²) in [5.41, 5.74) is 7.20. The van der Waals surface area contributed by atoms with Crippen molar-refractivity contribution >= 4 is 17.6 Å². The van der Waals surface area contributed by atoms with Gasteiger partial charge in [-0.1, -0.05) is 13.8 Å². The number of hydrogen-bond donors (Lipinski definition) is 3. The monoisotopic (exact) mass is 403 g/mol. The highest BCUT2D eigenvalue weighted by Crippen LogP contribution is 2.35. The minimum atomic E-state index is -1.20. The van der Waals surface area contributed by atoms with Gasteiger partial charge in [-0.15, -0.1) is 0 Å². The largest absolute Gasteiger partial charge is 0.497 e. The SMILES string of the molecule is CC.CCOC(=O)/C(N)=C1\Cc2c(C(=O)O)ncn2-c2ccc(OC)cc2N1N. The molecule has 0 unspecified atom stereocenters. The zero-order valence-corrected chi connectivity index (χ0v) is 16.8. The van der Waals surface area contributed by atoms with Gasteiger partial charge in [-0.25, -0.2) is 20.4 Å². The van der Waals surface area contributed by atoms with Crippen LogP contribution in [0.15, 0.2) is 35.9 Å². The summed E-state index contributed by atoms with van der Waals surface area (Å²) in [6.07, 6.45) is 1.36. The van der Waals surface area contributed by atoms with Crippen molar-refractivity contribution in [1.29, 1.82) is 0 Å². The molecule has 0 spiro atoms. The van der Waals surface area contributed by atoms with Crippen molar-refractivity contribution in [2.45, 2.75) is 27.2 Å². The van der Waals surface area contributed by atoms with Gasteiger partial charge in [-0.2, -0.15) is 0 Å². The van der Waals surface area contributed by atoms with Crippen LogP contribution in [-0.4, -0.2) is 40.3 Å². The maximum atomic E-state index is 12.2. The molecule has 1 aliphatic heterocycles. The number of allylic oxidation sites excluding steroid dienone is 1. The highest BCUT2D eigenvalue weighted by atomic mass is 16.5. The Hall–Kier alpha value is -3.53. The lowest BCUT2D eigenvalue weighted by molar-refractivity contribution is -0.138. The molecule has 10 heteroatoms. The van der Waals surface area contributed by atoms with Gasteiger partial charge in [0.05, 0.1) is 36.5 Å². The summed E-state index contributed by atoms with van der Waals surface area (Å²) in [4.78, 5) is 27.7. The Labute approximate surface area is 168 Å². The lowest BCUT2D eigenvalue weighted by Gasteiger charge is -2.23. The van der Waals surface area contributed by atoms with Crippen molar-refractivity contribution in [2.75, 3.05) is 18.7 Å². The van der Waals surface area contributed by atoms with E-state index in [4.69, 9.17) is 21.1 Å². The van der Waals surface area contributed by atoms with Gasteiger partial charge in [0.15, 0.2) is 5.69 Å². The molecule has 0 saturated heterocycles.